The number of hydrogen-bond donors (Lipinski definition) is 3. The van der Waals surface area contributed by atoms with Crippen LogP contribution in [0.15, 0.2) is 35.3 Å². The normalized spacial score (nSPS) is 12.4. The van der Waals surface area contributed by atoms with Gasteiger partial charge in [-0.1, -0.05) is 6.07 Å². The number of nitrogens with one attached hydrogen (secondary N) is 1. The largest absolute Gasteiger partial charge is 0.506 e. The van der Waals surface area contributed by atoms with E-state index in [1.807, 2.05) is 18.2 Å². The Labute approximate surface area is 164 Å². The minimum Gasteiger partial charge on any atom is -0.506 e. The maximum Gasteiger partial charge on any atom is 0.322 e. The number of aromatic nitrogens is 2. The highest BCUT2D eigenvalue weighted by molar-refractivity contribution is 6.03. The van der Waals surface area contributed by atoms with Gasteiger partial charge < -0.3 is 20.3 Å². The van der Waals surface area contributed by atoms with Gasteiger partial charge in [-0.2, -0.15) is 0 Å². The van der Waals surface area contributed by atoms with Crippen molar-refractivity contribution in [2.45, 2.75) is 6.42 Å². The third-order valence-electron chi connectivity index (χ3n) is 4.84. The third-order valence-corrected chi connectivity index (χ3v) is 4.84. The van der Waals surface area contributed by atoms with E-state index in [2.05, 4.69) is 10.3 Å². The van der Waals surface area contributed by atoms with E-state index in [-0.39, 0.29) is 11.0 Å². The van der Waals surface area contributed by atoms with Crippen LogP contribution in [0.25, 0.3) is 22.2 Å². The van der Waals surface area contributed by atoms with E-state index in [1.54, 1.807) is 12.3 Å². The highest BCUT2D eigenvalue weighted by Gasteiger charge is 2.23. The van der Waals surface area contributed by atoms with Crippen molar-refractivity contribution in [3.8, 4) is 22.6 Å². The molecule has 0 aliphatic carbocycles. The van der Waals surface area contributed by atoms with Crippen LogP contribution in [0, 0.1) is 0 Å². The lowest BCUT2D eigenvalue weighted by Crippen LogP contribution is -2.35. The molecule has 9 heteroatoms. The molecule has 0 atom stereocenters. The molecule has 148 valence electrons. The molecule has 0 saturated carbocycles. The number of pyridine rings is 2. The second kappa shape index (κ2) is 6.93. The minimum atomic E-state index is -1.26. The predicted octanol–water partition coefficient (Wildman–Crippen LogP) is 1.06. The first-order valence-electron chi connectivity index (χ1n) is 8.84. The van der Waals surface area contributed by atoms with Crippen LogP contribution in [0.5, 0.6) is 11.5 Å². The Hall–Kier alpha value is -3.88. The van der Waals surface area contributed by atoms with Crippen molar-refractivity contribution in [3.63, 3.8) is 0 Å². The molecule has 0 spiro atoms. The summed E-state index contributed by atoms with van der Waals surface area (Å²) >= 11 is 0. The summed E-state index contributed by atoms with van der Waals surface area (Å²) in [7, 11) is 1.43. The summed E-state index contributed by atoms with van der Waals surface area (Å²) in [4.78, 5) is 39.8. The third kappa shape index (κ3) is 3.16. The van der Waals surface area contributed by atoms with Crippen molar-refractivity contribution in [3.05, 3.63) is 51.9 Å². The molecule has 2 aromatic heterocycles. The Balaban J connectivity index is 1.84. The Morgan fingerprint density at radius 1 is 1.28 bits per heavy atom. The predicted molar refractivity (Wildman–Crippen MR) is 103 cm³/mol. The van der Waals surface area contributed by atoms with Crippen LogP contribution in [0.2, 0.25) is 0 Å². The quantitative estimate of drug-likeness (QED) is 0.602. The van der Waals surface area contributed by atoms with Gasteiger partial charge in [0.15, 0.2) is 0 Å². The second-order valence-corrected chi connectivity index (χ2v) is 6.68. The van der Waals surface area contributed by atoms with E-state index in [0.717, 1.165) is 27.9 Å². The number of carboxylic acid groups (broad SMARTS) is 1. The molecule has 0 saturated heterocycles. The van der Waals surface area contributed by atoms with E-state index >= 15 is 0 Å². The Morgan fingerprint density at radius 2 is 2.07 bits per heavy atom. The van der Waals surface area contributed by atoms with Crippen molar-refractivity contribution >= 4 is 22.9 Å². The Bertz CT molecular complexity index is 1230. The number of rotatable bonds is 4. The zero-order valence-corrected chi connectivity index (χ0v) is 15.4. The van der Waals surface area contributed by atoms with Gasteiger partial charge in [-0.3, -0.25) is 19.0 Å². The van der Waals surface area contributed by atoms with E-state index in [0.29, 0.717) is 12.2 Å². The van der Waals surface area contributed by atoms with Crippen LogP contribution in [0.4, 0.5) is 0 Å². The number of ether oxygens (including phenoxy) is 1. The topological polar surface area (TPSA) is 131 Å². The molecule has 29 heavy (non-hydrogen) atoms. The lowest BCUT2D eigenvalue weighted by atomic mass is 10.0. The number of aliphatic carboxylic acids is 1. The van der Waals surface area contributed by atoms with Crippen molar-refractivity contribution in [2.24, 2.45) is 7.05 Å². The zero-order chi connectivity index (χ0) is 20.7. The molecule has 1 aliphatic rings. The first-order valence-corrected chi connectivity index (χ1v) is 8.84. The number of fused-ring (bicyclic) bond motifs is 2. The minimum absolute atomic E-state index is 0.204. The molecule has 4 rings (SSSR count). The summed E-state index contributed by atoms with van der Waals surface area (Å²) in [6.45, 7) is -0.0403. The molecule has 3 aromatic rings. The molecule has 3 heterocycles. The standard InChI is InChI=1S/C20H17N3O6/c1-23-18-13(17(26)16(20(23)28)19(27)22-9-15(24)25)7-12(8-21-18)10-2-3-14-11(6-10)4-5-29-14/h2-3,6-8,26H,4-5,9H2,1H3,(H,22,27)(H,24,25). The monoisotopic (exact) mass is 395 g/mol. The summed E-state index contributed by atoms with van der Waals surface area (Å²) in [5.74, 6) is -1.93. The Kier molecular flexibility index (Phi) is 4.42. The van der Waals surface area contributed by atoms with Gasteiger partial charge in [0.1, 0.15) is 29.3 Å². The van der Waals surface area contributed by atoms with Gasteiger partial charge in [0.25, 0.3) is 11.5 Å². The zero-order valence-electron chi connectivity index (χ0n) is 15.4. The molecule has 1 amide bonds. The smallest absolute Gasteiger partial charge is 0.322 e. The van der Waals surface area contributed by atoms with Gasteiger partial charge in [-0.15, -0.1) is 0 Å². The fourth-order valence-electron chi connectivity index (χ4n) is 3.37. The molecule has 9 nitrogen and oxygen atoms in total. The number of benzene rings is 1. The summed E-state index contributed by atoms with van der Waals surface area (Å²) in [5.41, 5.74) is 1.53. The van der Waals surface area contributed by atoms with E-state index in [9.17, 15) is 19.5 Å². The number of carboxylic acids is 1. The van der Waals surface area contributed by atoms with E-state index < -0.39 is 35.3 Å². The van der Waals surface area contributed by atoms with Crippen LogP contribution < -0.4 is 15.6 Å². The van der Waals surface area contributed by atoms with Crippen LogP contribution in [-0.4, -0.2) is 44.8 Å². The van der Waals surface area contributed by atoms with E-state index in [1.165, 1.54) is 7.05 Å². The maximum atomic E-state index is 12.5. The van der Waals surface area contributed by atoms with Crippen molar-refractivity contribution in [1.82, 2.24) is 14.9 Å². The van der Waals surface area contributed by atoms with E-state index in [4.69, 9.17) is 9.84 Å². The second-order valence-electron chi connectivity index (χ2n) is 6.68. The van der Waals surface area contributed by atoms with Gasteiger partial charge in [0.05, 0.1) is 12.0 Å². The number of hydrogen-bond acceptors (Lipinski definition) is 6. The molecule has 0 unspecified atom stereocenters. The number of aromatic hydroxyl groups is 1. The molecule has 0 fully saturated rings. The van der Waals surface area contributed by atoms with Crippen molar-refractivity contribution in [1.29, 1.82) is 0 Å². The molecule has 0 radical (unpaired) electrons. The van der Waals surface area contributed by atoms with Crippen molar-refractivity contribution in [2.75, 3.05) is 13.2 Å². The van der Waals surface area contributed by atoms with Gasteiger partial charge in [-0.05, 0) is 29.3 Å². The summed E-state index contributed by atoms with van der Waals surface area (Å²) < 4.78 is 6.65. The fraction of sp³-hybridized carbons (Fsp3) is 0.200. The molecular formula is C20H17N3O6. The van der Waals surface area contributed by atoms with Crippen LogP contribution in [0.3, 0.4) is 0 Å². The summed E-state index contributed by atoms with van der Waals surface area (Å²) in [5, 5.41) is 21.7. The van der Waals surface area contributed by atoms with Gasteiger partial charge in [0.2, 0.25) is 0 Å². The van der Waals surface area contributed by atoms with Crippen LogP contribution in [-0.2, 0) is 18.3 Å². The fourth-order valence-corrected chi connectivity index (χ4v) is 3.37. The highest BCUT2D eigenvalue weighted by Crippen LogP contribution is 2.33. The summed E-state index contributed by atoms with van der Waals surface area (Å²) in [6, 6.07) is 7.35. The summed E-state index contributed by atoms with van der Waals surface area (Å²) in [6.07, 6.45) is 2.39. The maximum absolute atomic E-state index is 12.5. The lowest BCUT2D eigenvalue weighted by Gasteiger charge is -2.12. The average molecular weight is 395 g/mol. The first-order chi connectivity index (χ1) is 13.9. The molecule has 0 bridgehead atoms. The molecule has 1 aromatic carbocycles. The highest BCUT2D eigenvalue weighted by atomic mass is 16.5. The van der Waals surface area contributed by atoms with Gasteiger partial charge in [0, 0.05) is 25.2 Å². The molecule has 1 aliphatic heterocycles. The SMILES string of the molecule is Cn1c(=O)c(C(=O)NCC(=O)O)c(O)c2cc(-c3ccc4c(c3)CCO4)cnc21. The number of carbonyl (C=O) groups is 2. The van der Waals surface area contributed by atoms with Gasteiger partial charge >= 0.3 is 5.97 Å². The molecular weight excluding hydrogens is 378 g/mol. The van der Waals surface area contributed by atoms with Crippen LogP contribution in [0.1, 0.15) is 15.9 Å². The first kappa shape index (κ1) is 18.5. The number of aryl methyl sites for hydroxylation is 1. The lowest BCUT2D eigenvalue weighted by molar-refractivity contribution is -0.135. The van der Waals surface area contributed by atoms with Crippen molar-refractivity contribution < 1.29 is 24.5 Å². The number of carbonyl (C=O) groups excluding carboxylic acids is 1. The average Bonchev–Trinajstić information content (AvgIpc) is 3.18. The number of amides is 1. The van der Waals surface area contributed by atoms with Gasteiger partial charge in [-0.25, -0.2) is 4.98 Å². The molecule has 3 N–H and O–H groups in total. The Morgan fingerprint density at radius 3 is 2.83 bits per heavy atom. The number of nitrogens with zero attached hydrogens (tertiary/aromatic N) is 2. The van der Waals surface area contributed by atoms with Crippen LogP contribution >= 0.6 is 0 Å².